The minimum Gasteiger partial charge on any atom is -0.463 e. The van der Waals surface area contributed by atoms with Gasteiger partial charge in [-0.05, 0) is 58.3 Å². The normalized spacial score (nSPS) is 22.0. The van der Waals surface area contributed by atoms with Gasteiger partial charge in [0.15, 0.2) is 26.3 Å². The molecule has 1 amide bonds. The molecule has 4 atom stereocenters. The van der Waals surface area contributed by atoms with Crippen LogP contribution in [0.15, 0.2) is 29.0 Å². The van der Waals surface area contributed by atoms with Gasteiger partial charge in [0.1, 0.15) is 16.8 Å². The first kappa shape index (κ1) is 42.9. The molecule has 5 N–H and O–H groups in total. The molecule has 0 saturated carbocycles. The summed E-state index contributed by atoms with van der Waals surface area (Å²) in [7, 11) is -15.3. The molecule has 288 valence electrons. The van der Waals surface area contributed by atoms with Gasteiger partial charge < -0.3 is 20.1 Å². The first-order chi connectivity index (χ1) is 23.6. The van der Waals surface area contributed by atoms with Crippen LogP contribution in [0.4, 0.5) is 0 Å². The fourth-order valence-corrected chi connectivity index (χ4v) is 14.7. The van der Waals surface area contributed by atoms with E-state index in [0.717, 1.165) is 18.3 Å². The Morgan fingerprint density at radius 2 is 1.31 bits per heavy atom. The smallest absolute Gasteiger partial charge is 0.344 e. The number of hydrogen-bond acceptors (Lipinski definition) is 17. The van der Waals surface area contributed by atoms with Crippen molar-refractivity contribution >= 4 is 80.2 Å². The van der Waals surface area contributed by atoms with Crippen molar-refractivity contribution in [2.75, 3.05) is 26.3 Å². The van der Waals surface area contributed by atoms with E-state index in [1.54, 1.807) is 13.8 Å². The molecule has 0 fully saturated rings. The van der Waals surface area contributed by atoms with E-state index in [4.69, 9.17) is 9.88 Å². The number of hydrogen-bond donors (Lipinski definition) is 4. The number of fused-ring (bicyclic) bond motifs is 2. The van der Waals surface area contributed by atoms with Crippen LogP contribution in [0.25, 0.3) is 0 Å². The van der Waals surface area contributed by atoms with Crippen molar-refractivity contribution in [1.82, 2.24) is 15.4 Å². The van der Waals surface area contributed by atoms with E-state index in [-0.39, 0.29) is 48.4 Å². The zero-order valence-electron chi connectivity index (χ0n) is 28.5. The highest BCUT2D eigenvalue weighted by Crippen LogP contribution is 2.43. The largest absolute Gasteiger partial charge is 0.463 e. The molecule has 0 aromatic carbocycles. The first-order valence-corrected chi connectivity index (χ1v) is 23.4. The third kappa shape index (κ3) is 10.6. The van der Waals surface area contributed by atoms with Crippen molar-refractivity contribution in [3.63, 3.8) is 0 Å². The molecule has 4 heterocycles. The third-order valence-corrected chi connectivity index (χ3v) is 18.8. The van der Waals surface area contributed by atoms with Crippen molar-refractivity contribution in [1.29, 1.82) is 0 Å². The van der Waals surface area contributed by atoms with Gasteiger partial charge in [-0.1, -0.05) is 13.8 Å². The molecule has 2 aliphatic rings. The summed E-state index contributed by atoms with van der Waals surface area (Å²) in [6, 6.07) is 2.23. The van der Waals surface area contributed by atoms with E-state index >= 15 is 0 Å². The number of esters is 2. The average Bonchev–Trinajstić information content (AvgIpc) is 3.69. The van der Waals surface area contributed by atoms with Crippen LogP contribution in [0.1, 0.15) is 83.5 Å². The van der Waals surface area contributed by atoms with Crippen LogP contribution in [0.3, 0.4) is 0 Å². The van der Waals surface area contributed by atoms with E-state index in [1.807, 2.05) is 18.6 Å². The van der Waals surface area contributed by atoms with Gasteiger partial charge in [-0.25, -0.2) is 48.3 Å². The highest BCUT2D eigenvalue weighted by atomic mass is 32.3. The SMILES string of the molecule is CCN[C@H]1C[C@H](C)S(=O)(=O)c2sc(S(=O)(=O)NC(=O)CCCOC(=O)COC(C)=O)cc21.CCN[C@H]1C[C@H](C)S(=O)(=O)c2sc(S(N)(=O)=O)cc21. The molecule has 4 rings (SSSR count). The third-order valence-electron chi connectivity index (χ3n) is 7.77. The van der Waals surface area contributed by atoms with Gasteiger partial charge >= 0.3 is 11.9 Å². The summed E-state index contributed by atoms with van der Waals surface area (Å²) < 4.78 is 109. The molecule has 2 aromatic heterocycles. The molecule has 2 aromatic rings. The van der Waals surface area contributed by atoms with E-state index < -0.39 is 74.7 Å². The zero-order valence-corrected chi connectivity index (χ0v) is 33.4. The number of primary sulfonamides is 1. The lowest BCUT2D eigenvalue weighted by Gasteiger charge is -2.27. The Balaban J connectivity index is 0.000000313. The Morgan fingerprint density at radius 1 is 0.843 bits per heavy atom. The van der Waals surface area contributed by atoms with Crippen molar-refractivity contribution in [3.8, 4) is 0 Å². The summed E-state index contributed by atoms with van der Waals surface area (Å²) >= 11 is 1.36. The maximum absolute atomic E-state index is 12.7. The predicted molar refractivity (Wildman–Crippen MR) is 188 cm³/mol. The predicted octanol–water partition coefficient (Wildman–Crippen LogP) is 1.27. The van der Waals surface area contributed by atoms with Gasteiger partial charge in [-0.3, -0.25) is 9.59 Å². The van der Waals surface area contributed by atoms with E-state index in [2.05, 4.69) is 15.4 Å². The van der Waals surface area contributed by atoms with Crippen LogP contribution in [0.5, 0.6) is 0 Å². The van der Waals surface area contributed by atoms with Crippen LogP contribution in [0, 0.1) is 0 Å². The quantitative estimate of drug-likeness (QED) is 0.164. The summed E-state index contributed by atoms with van der Waals surface area (Å²) in [5.41, 5.74) is 0.913. The molecular formula is C28H42N4O13S6. The summed E-state index contributed by atoms with van der Waals surface area (Å²) in [6.45, 7) is 8.69. The minimum absolute atomic E-state index is 0.00489. The van der Waals surface area contributed by atoms with Crippen LogP contribution >= 0.6 is 22.7 Å². The van der Waals surface area contributed by atoms with Crippen molar-refractivity contribution in [2.45, 2.75) is 99.7 Å². The maximum atomic E-state index is 12.7. The lowest BCUT2D eigenvalue weighted by Crippen LogP contribution is -2.33. The highest BCUT2D eigenvalue weighted by Gasteiger charge is 2.40. The molecule has 23 heteroatoms. The van der Waals surface area contributed by atoms with E-state index in [0.29, 0.717) is 48.4 Å². The summed E-state index contributed by atoms with van der Waals surface area (Å²) in [6.07, 6.45) is 0.550. The highest BCUT2D eigenvalue weighted by molar-refractivity contribution is 7.96. The molecule has 0 bridgehead atoms. The number of carbonyl (C=O) groups excluding carboxylic acids is 3. The first-order valence-electron chi connectivity index (χ1n) is 15.7. The van der Waals surface area contributed by atoms with Gasteiger partial charge in [0, 0.05) is 36.6 Å². The second-order valence-corrected chi connectivity index (χ2v) is 22.6. The molecule has 2 aliphatic heterocycles. The lowest BCUT2D eigenvalue weighted by molar-refractivity contribution is -0.157. The van der Waals surface area contributed by atoms with Gasteiger partial charge in [-0.2, -0.15) is 0 Å². The summed E-state index contributed by atoms with van der Waals surface area (Å²) in [5.74, 6) is -2.25. The Bertz CT molecular complexity index is 2060. The average molecular weight is 835 g/mol. The zero-order chi connectivity index (χ0) is 38.5. The van der Waals surface area contributed by atoms with Crippen molar-refractivity contribution in [3.05, 3.63) is 23.3 Å². The maximum Gasteiger partial charge on any atom is 0.344 e. The number of sulfonamides is 2. The van der Waals surface area contributed by atoms with Gasteiger partial charge in [-0.15, -0.1) is 22.7 Å². The number of nitrogens with one attached hydrogen (secondary N) is 3. The Morgan fingerprint density at radius 3 is 1.76 bits per heavy atom. The lowest BCUT2D eigenvalue weighted by atomic mass is 10.1. The molecule has 0 saturated heterocycles. The molecule has 51 heavy (non-hydrogen) atoms. The van der Waals surface area contributed by atoms with E-state index in [9.17, 15) is 48.1 Å². The number of ether oxygens (including phenoxy) is 2. The van der Waals surface area contributed by atoms with Gasteiger partial charge in [0.25, 0.3) is 10.0 Å². The van der Waals surface area contributed by atoms with Crippen molar-refractivity contribution in [2.24, 2.45) is 5.14 Å². The Kier molecular flexibility index (Phi) is 14.4. The summed E-state index contributed by atoms with van der Waals surface area (Å²) in [4.78, 5) is 34.0. The molecular weight excluding hydrogens is 793 g/mol. The minimum atomic E-state index is -4.27. The topological polar surface area (TPSA) is 268 Å². The monoisotopic (exact) mass is 834 g/mol. The van der Waals surface area contributed by atoms with Crippen LogP contribution in [-0.2, 0) is 63.6 Å². The molecule has 0 unspecified atom stereocenters. The fourth-order valence-electron chi connectivity index (χ4n) is 5.22. The summed E-state index contributed by atoms with van der Waals surface area (Å²) in [5, 5.41) is 10.2. The number of thiophene rings is 2. The molecule has 0 radical (unpaired) electrons. The Labute approximate surface area is 306 Å². The number of amides is 1. The molecule has 0 aliphatic carbocycles. The second kappa shape index (κ2) is 17.1. The fraction of sp³-hybridized carbons (Fsp3) is 0.607. The van der Waals surface area contributed by atoms with Gasteiger partial charge in [0.05, 0.1) is 17.1 Å². The number of sulfone groups is 2. The standard InChI is InChI=1S/C18H26N2O9S3.C10H16N2O4S3/c1-4-19-14-8-11(2)31(24,25)18-13(14)9-17(30-18)32(26,27)20-15(22)6-5-7-28-16(23)10-29-12(3)21;1-3-12-8-4-6(2)18(13,14)10-7(8)5-9(17-10)19(11,15)16/h9,11,14,19H,4-8,10H2,1-3H3,(H,20,22);5-6,8,12H,3-4H2,1-2H3,(H2,11,15,16)/t11-,14-;6-,8-/m00/s1. The molecule has 0 spiro atoms. The molecule has 17 nitrogen and oxygen atoms in total. The number of carbonyl (C=O) groups is 3. The van der Waals surface area contributed by atoms with Crippen LogP contribution in [-0.4, -0.2) is 88.3 Å². The van der Waals surface area contributed by atoms with Crippen LogP contribution in [0.2, 0.25) is 0 Å². The van der Waals surface area contributed by atoms with Crippen molar-refractivity contribution < 1.29 is 57.5 Å². The van der Waals surface area contributed by atoms with E-state index in [1.165, 1.54) is 12.1 Å². The number of rotatable bonds is 13. The second-order valence-electron chi connectivity index (χ2n) is 11.7. The Hall–Kier alpha value is -2.51. The van der Waals surface area contributed by atoms with Crippen LogP contribution < -0.4 is 20.5 Å². The number of nitrogens with two attached hydrogens (primary N) is 1. The van der Waals surface area contributed by atoms with Gasteiger partial charge in [0.2, 0.25) is 15.9 Å².